The molecule has 0 fully saturated rings. The first-order chi connectivity index (χ1) is 8.79. The van der Waals surface area contributed by atoms with Crippen molar-refractivity contribution >= 4 is 0 Å². The molecule has 0 spiro atoms. The van der Waals surface area contributed by atoms with Crippen LogP contribution in [0.5, 0.6) is 5.75 Å². The molecule has 2 aromatic rings. The molecule has 2 rings (SSSR count). The predicted molar refractivity (Wildman–Crippen MR) is 67.4 cm³/mol. The number of nitrogens with zero attached hydrogens (tertiary/aromatic N) is 2. The second-order valence-corrected chi connectivity index (χ2v) is 3.96. The number of ether oxygens (including phenoxy) is 1. The van der Waals surface area contributed by atoms with E-state index in [1.54, 1.807) is 0 Å². The summed E-state index contributed by atoms with van der Waals surface area (Å²) in [6.07, 6.45) is 0.609. The van der Waals surface area contributed by atoms with Gasteiger partial charge in [0.1, 0.15) is 5.75 Å². The Morgan fingerprint density at radius 1 is 1.28 bits per heavy atom. The topological polar surface area (TPSA) is 60.2 Å². The molecule has 1 N–H and O–H groups in total. The molecule has 0 bridgehead atoms. The van der Waals surface area contributed by atoms with Crippen molar-refractivity contribution in [3.05, 3.63) is 42.1 Å². The van der Waals surface area contributed by atoms with Gasteiger partial charge in [0, 0.05) is 0 Å². The zero-order chi connectivity index (χ0) is 12.8. The highest BCUT2D eigenvalue weighted by atomic mass is 16.5. The average Bonchev–Trinajstić information content (AvgIpc) is 2.88. The van der Waals surface area contributed by atoms with Gasteiger partial charge < -0.3 is 14.5 Å². The summed E-state index contributed by atoms with van der Waals surface area (Å²) < 4.78 is 11.1. The van der Waals surface area contributed by atoms with Gasteiger partial charge in [-0.25, -0.2) is 0 Å². The molecule has 18 heavy (non-hydrogen) atoms. The van der Waals surface area contributed by atoms with Crippen molar-refractivity contribution in [3.8, 4) is 5.75 Å². The van der Waals surface area contributed by atoms with Crippen LogP contribution in [0.15, 0.2) is 34.7 Å². The van der Waals surface area contributed by atoms with Crippen molar-refractivity contribution in [1.29, 1.82) is 0 Å². The summed E-state index contributed by atoms with van der Waals surface area (Å²) in [6, 6.07) is 9.74. The van der Waals surface area contributed by atoms with Gasteiger partial charge in [-0.2, -0.15) is 0 Å². The number of hydrogen-bond acceptors (Lipinski definition) is 5. The third kappa shape index (κ3) is 3.30. The quantitative estimate of drug-likeness (QED) is 0.845. The van der Waals surface area contributed by atoms with E-state index in [0.29, 0.717) is 24.8 Å². The second kappa shape index (κ2) is 6.16. The van der Waals surface area contributed by atoms with E-state index in [4.69, 9.17) is 9.15 Å². The van der Waals surface area contributed by atoms with Crippen LogP contribution in [0.25, 0.3) is 0 Å². The fourth-order valence-electron chi connectivity index (χ4n) is 1.44. The summed E-state index contributed by atoms with van der Waals surface area (Å²) in [6.45, 7) is 2.50. The lowest BCUT2D eigenvalue weighted by Crippen LogP contribution is -2.12. The molecule has 1 heterocycles. The number of hydrogen-bond donors (Lipinski definition) is 1. The van der Waals surface area contributed by atoms with Gasteiger partial charge in [0.25, 0.3) is 0 Å². The first-order valence-corrected chi connectivity index (χ1v) is 5.97. The Balaban J connectivity index is 1.82. The normalized spacial score (nSPS) is 12.3. The van der Waals surface area contributed by atoms with Crippen molar-refractivity contribution in [1.82, 2.24) is 15.5 Å². The summed E-state index contributed by atoms with van der Waals surface area (Å²) in [5.41, 5.74) is 0. The third-order valence-corrected chi connectivity index (χ3v) is 2.61. The molecule has 0 amide bonds. The third-order valence-electron chi connectivity index (χ3n) is 2.61. The maximum Gasteiger partial charge on any atom is 0.233 e. The van der Waals surface area contributed by atoms with Gasteiger partial charge in [-0.15, -0.1) is 10.2 Å². The Kier molecular flexibility index (Phi) is 4.30. The lowest BCUT2D eigenvalue weighted by molar-refractivity contribution is 0.301. The Bertz CT molecular complexity index is 470. The first kappa shape index (κ1) is 12.6. The van der Waals surface area contributed by atoms with E-state index in [9.17, 15) is 0 Å². The molecule has 0 aliphatic carbocycles. The van der Waals surface area contributed by atoms with Crippen molar-refractivity contribution < 1.29 is 9.15 Å². The Morgan fingerprint density at radius 2 is 2.06 bits per heavy atom. The summed E-state index contributed by atoms with van der Waals surface area (Å²) in [5.74, 6) is 2.05. The fraction of sp³-hybridized carbons (Fsp3) is 0.385. The van der Waals surface area contributed by atoms with Crippen LogP contribution in [-0.4, -0.2) is 23.9 Å². The maximum atomic E-state index is 5.56. The van der Waals surface area contributed by atoms with Gasteiger partial charge in [0.15, 0.2) is 0 Å². The molecule has 96 valence electrons. The maximum absolute atomic E-state index is 5.56. The number of rotatable bonds is 6. The predicted octanol–water partition coefficient (Wildman–Crippen LogP) is 1.97. The van der Waals surface area contributed by atoms with Crippen LogP contribution >= 0.6 is 0 Å². The zero-order valence-corrected chi connectivity index (χ0v) is 10.6. The number of para-hydroxylation sites is 1. The Morgan fingerprint density at radius 3 is 2.78 bits per heavy atom. The smallest absolute Gasteiger partial charge is 0.233 e. The standard InChI is InChI=1S/C13H17N3O2/c1-10(14-2)13-16-15-12(18-13)8-9-17-11-6-4-3-5-7-11/h3-7,10,14H,8-9H2,1-2H3. The van der Waals surface area contributed by atoms with Crippen LogP contribution < -0.4 is 10.1 Å². The molecule has 5 nitrogen and oxygen atoms in total. The molecule has 0 aliphatic rings. The van der Waals surface area contributed by atoms with E-state index >= 15 is 0 Å². The lowest BCUT2D eigenvalue weighted by atomic mass is 10.3. The van der Waals surface area contributed by atoms with E-state index in [-0.39, 0.29) is 6.04 Å². The van der Waals surface area contributed by atoms with E-state index in [1.807, 2.05) is 44.3 Å². The van der Waals surface area contributed by atoms with Gasteiger partial charge >= 0.3 is 0 Å². The van der Waals surface area contributed by atoms with Crippen LogP contribution in [-0.2, 0) is 6.42 Å². The molecule has 0 aliphatic heterocycles. The highest BCUT2D eigenvalue weighted by Gasteiger charge is 2.11. The Labute approximate surface area is 106 Å². The molecule has 0 saturated heterocycles. The Hall–Kier alpha value is -1.88. The number of aromatic nitrogens is 2. The largest absolute Gasteiger partial charge is 0.493 e. The van der Waals surface area contributed by atoms with Crippen molar-refractivity contribution in [2.24, 2.45) is 0 Å². The molecule has 1 unspecified atom stereocenters. The molecule has 0 radical (unpaired) electrons. The fourth-order valence-corrected chi connectivity index (χ4v) is 1.44. The van der Waals surface area contributed by atoms with Gasteiger partial charge in [-0.3, -0.25) is 0 Å². The highest BCUT2D eigenvalue weighted by molar-refractivity contribution is 5.20. The summed E-state index contributed by atoms with van der Waals surface area (Å²) in [4.78, 5) is 0. The molecular weight excluding hydrogens is 230 g/mol. The molecular formula is C13H17N3O2. The monoisotopic (exact) mass is 247 g/mol. The van der Waals surface area contributed by atoms with Crippen LogP contribution in [0.4, 0.5) is 0 Å². The van der Waals surface area contributed by atoms with E-state index < -0.39 is 0 Å². The zero-order valence-electron chi connectivity index (χ0n) is 10.6. The summed E-state index contributed by atoms with van der Waals surface area (Å²) >= 11 is 0. The summed E-state index contributed by atoms with van der Waals surface area (Å²) in [7, 11) is 1.85. The van der Waals surface area contributed by atoms with Crippen molar-refractivity contribution in [2.75, 3.05) is 13.7 Å². The average molecular weight is 247 g/mol. The SMILES string of the molecule is CNC(C)c1nnc(CCOc2ccccc2)o1. The van der Waals surface area contributed by atoms with Crippen LogP contribution in [0.2, 0.25) is 0 Å². The van der Waals surface area contributed by atoms with Gasteiger partial charge in [-0.05, 0) is 26.1 Å². The van der Waals surface area contributed by atoms with Gasteiger partial charge in [-0.1, -0.05) is 18.2 Å². The minimum Gasteiger partial charge on any atom is -0.493 e. The lowest BCUT2D eigenvalue weighted by Gasteiger charge is -2.04. The van der Waals surface area contributed by atoms with Gasteiger partial charge in [0.05, 0.1) is 19.1 Å². The molecule has 0 saturated carbocycles. The van der Waals surface area contributed by atoms with Crippen LogP contribution in [0.3, 0.4) is 0 Å². The van der Waals surface area contributed by atoms with E-state index in [0.717, 1.165) is 5.75 Å². The van der Waals surface area contributed by atoms with E-state index in [2.05, 4.69) is 15.5 Å². The van der Waals surface area contributed by atoms with E-state index in [1.165, 1.54) is 0 Å². The van der Waals surface area contributed by atoms with Crippen LogP contribution in [0.1, 0.15) is 24.7 Å². The minimum atomic E-state index is 0.0706. The van der Waals surface area contributed by atoms with Crippen LogP contribution in [0, 0.1) is 0 Å². The number of benzene rings is 1. The first-order valence-electron chi connectivity index (χ1n) is 5.97. The molecule has 1 aromatic heterocycles. The molecule has 5 heteroatoms. The number of nitrogens with one attached hydrogen (secondary N) is 1. The summed E-state index contributed by atoms with van der Waals surface area (Å²) in [5, 5.41) is 11.0. The van der Waals surface area contributed by atoms with Gasteiger partial charge in [0.2, 0.25) is 11.8 Å². The van der Waals surface area contributed by atoms with Crippen molar-refractivity contribution in [2.45, 2.75) is 19.4 Å². The minimum absolute atomic E-state index is 0.0706. The molecule has 1 atom stereocenters. The van der Waals surface area contributed by atoms with Crippen molar-refractivity contribution in [3.63, 3.8) is 0 Å². The highest BCUT2D eigenvalue weighted by Crippen LogP contribution is 2.11. The molecule has 1 aromatic carbocycles. The second-order valence-electron chi connectivity index (χ2n) is 3.96.